The summed E-state index contributed by atoms with van der Waals surface area (Å²) in [7, 11) is 0. The minimum absolute atomic E-state index is 0.125. The molecule has 2 aliphatic heterocycles. The highest BCUT2D eigenvalue weighted by molar-refractivity contribution is 6.32. The minimum atomic E-state index is -4.74. The van der Waals surface area contributed by atoms with Crippen LogP contribution in [-0.2, 0) is 15.8 Å². The maximum atomic E-state index is 13.3. The fraction of sp³-hybridized carbons (Fsp3) is 0.471. The lowest BCUT2D eigenvalue weighted by Gasteiger charge is -2.41. The number of nitrogens with one attached hydrogen (secondary N) is 1. The van der Waals surface area contributed by atoms with E-state index in [1.54, 1.807) is 4.90 Å². The normalized spacial score (nSPS) is 25.0. The van der Waals surface area contributed by atoms with Crippen LogP contribution in [0.4, 0.5) is 17.6 Å². The molecule has 0 bridgehead atoms. The third kappa shape index (κ3) is 3.97. The molecule has 0 radical (unpaired) electrons. The summed E-state index contributed by atoms with van der Waals surface area (Å²) >= 11 is 6.06. The summed E-state index contributed by atoms with van der Waals surface area (Å²) in [6.45, 7) is 1.77. The summed E-state index contributed by atoms with van der Waals surface area (Å²) in [5, 5.41) is 2.78. The molecule has 28 heavy (non-hydrogen) atoms. The lowest BCUT2D eigenvalue weighted by molar-refractivity contribution is -0.143. The lowest BCUT2D eigenvalue weighted by atomic mass is 9.98. The van der Waals surface area contributed by atoms with Crippen molar-refractivity contribution in [3.8, 4) is 0 Å². The van der Waals surface area contributed by atoms with Crippen LogP contribution in [0.15, 0.2) is 23.3 Å². The topological polar surface area (TPSA) is 65.0 Å². The van der Waals surface area contributed by atoms with Crippen molar-refractivity contribution in [2.75, 3.05) is 19.6 Å². The molecule has 1 fully saturated rings. The molecule has 6 nitrogen and oxygen atoms in total. The summed E-state index contributed by atoms with van der Waals surface area (Å²) in [4.78, 5) is 27.2. The van der Waals surface area contributed by atoms with Gasteiger partial charge in [-0.3, -0.25) is 14.5 Å². The Morgan fingerprint density at radius 3 is 2.64 bits per heavy atom. The standard InChI is InChI=1S/C17H17ClF4N4O2/c1-9(11-3-2-10(19)6-12(11)17(20,21)22)26-5-4-25(8-14(26)27)13-7-23-24-16(28)15(13)18/h2-3,6-7,9,13,15H,4-5,8H2,1H3,(H,24,28). The van der Waals surface area contributed by atoms with Gasteiger partial charge in [-0.05, 0) is 24.6 Å². The second kappa shape index (κ2) is 7.67. The number of piperazine rings is 1. The Balaban J connectivity index is 1.78. The quantitative estimate of drug-likeness (QED) is 0.602. The molecule has 1 aromatic rings. The van der Waals surface area contributed by atoms with E-state index < -0.39 is 46.8 Å². The molecule has 0 spiro atoms. The Hall–Kier alpha value is -2.20. The number of amides is 2. The van der Waals surface area contributed by atoms with Gasteiger partial charge >= 0.3 is 6.18 Å². The SMILES string of the molecule is CC(c1ccc(F)cc1C(F)(F)F)N1CCN(C2C=NNC(=O)C2Cl)CC1=O. The van der Waals surface area contributed by atoms with Gasteiger partial charge in [0, 0.05) is 19.3 Å². The number of hydrogen-bond acceptors (Lipinski definition) is 4. The summed E-state index contributed by atoms with van der Waals surface area (Å²) < 4.78 is 53.2. The van der Waals surface area contributed by atoms with E-state index in [4.69, 9.17) is 11.6 Å². The van der Waals surface area contributed by atoms with Crippen molar-refractivity contribution < 1.29 is 27.2 Å². The molecule has 3 unspecified atom stereocenters. The number of hydrazone groups is 1. The third-order valence-corrected chi connectivity index (χ3v) is 5.36. The molecule has 1 aromatic carbocycles. The summed E-state index contributed by atoms with van der Waals surface area (Å²) in [5.41, 5.74) is 0.944. The molecule has 0 saturated carbocycles. The van der Waals surface area contributed by atoms with E-state index in [9.17, 15) is 27.2 Å². The first-order valence-corrected chi connectivity index (χ1v) is 8.90. The van der Waals surface area contributed by atoms with Crippen LogP contribution < -0.4 is 5.43 Å². The van der Waals surface area contributed by atoms with Gasteiger partial charge < -0.3 is 4.90 Å². The van der Waals surface area contributed by atoms with Gasteiger partial charge in [0.15, 0.2) is 0 Å². The van der Waals surface area contributed by atoms with E-state index in [0.717, 1.165) is 12.1 Å². The maximum absolute atomic E-state index is 13.3. The van der Waals surface area contributed by atoms with E-state index in [0.29, 0.717) is 12.6 Å². The van der Waals surface area contributed by atoms with Gasteiger partial charge in [0.1, 0.15) is 11.2 Å². The smallest absolute Gasteiger partial charge is 0.334 e. The molecule has 2 heterocycles. The van der Waals surface area contributed by atoms with E-state index >= 15 is 0 Å². The van der Waals surface area contributed by atoms with Gasteiger partial charge in [0.2, 0.25) is 5.91 Å². The van der Waals surface area contributed by atoms with Crippen LogP contribution in [0.1, 0.15) is 24.1 Å². The first-order chi connectivity index (χ1) is 13.1. The molecule has 1 saturated heterocycles. The molecule has 3 rings (SSSR count). The zero-order valence-corrected chi connectivity index (χ0v) is 15.5. The Labute approximate surface area is 163 Å². The van der Waals surface area contributed by atoms with Gasteiger partial charge in [-0.25, -0.2) is 9.82 Å². The van der Waals surface area contributed by atoms with E-state index in [1.165, 1.54) is 18.0 Å². The largest absolute Gasteiger partial charge is 0.416 e. The number of rotatable bonds is 3. The van der Waals surface area contributed by atoms with Crippen molar-refractivity contribution in [1.82, 2.24) is 15.2 Å². The molecule has 11 heteroatoms. The molecule has 152 valence electrons. The highest BCUT2D eigenvalue weighted by Crippen LogP contribution is 2.37. The molecule has 1 N–H and O–H groups in total. The first kappa shape index (κ1) is 20.5. The predicted molar refractivity (Wildman–Crippen MR) is 93.2 cm³/mol. The van der Waals surface area contributed by atoms with Crippen LogP contribution in [0.25, 0.3) is 0 Å². The molecule has 2 amide bonds. The summed E-state index contributed by atoms with van der Waals surface area (Å²) in [5.74, 6) is -1.90. The van der Waals surface area contributed by atoms with Crippen LogP contribution in [0.3, 0.4) is 0 Å². The number of carbonyl (C=O) groups excluding carboxylic acids is 2. The van der Waals surface area contributed by atoms with Crippen LogP contribution in [-0.4, -0.2) is 58.9 Å². The minimum Gasteiger partial charge on any atom is -0.334 e. The Bertz CT molecular complexity index is 817. The van der Waals surface area contributed by atoms with Crippen LogP contribution in [0.2, 0.25) is 0 Å². The van der Waals surface area contributed by atoms with Gasteiger partial charge in [-0.2, -0.15) is 18.3 Å². The van der Waals surface area contributed by atoms with E-state index in [2.05, 4.69) is 10.5 Å². The zero-order valence-electron chi connectivity index (χ0n) is 14.7. The van der Waals surface area contributed by atoms with Crippen molar-refractivity contribution in [1.29, 1.82) is 0 Å². The Morgan fingerprint density at radius 2 is 2.00 bits per heavy atom. The highest BCUT2D eigenvalue weighted by atomic mass is 35.5. The Kier molecular flexibility index (Phi) is 5.62. The van der Waals surface area contributed by atoms with Crippen molar-refractivity contribution in [3.63, 3.8) is 0 Å². The Morgan fingerprint density at radius 1 is 1.29 bits per heavy atom. The second-order valence-corrected chi connectivity index (χ2v) is 7.08. The highest BCUT2D eigenvalue weighted by Gasteiger charge is 2.40. The third-order valence-electron chi connectivity index (χ3n) is 4.90. The summed E-state index contributed by atoms with van der Waals surface area (Å²) in [6.07, 6.45) is -3.32. The maximum Gasteiger partial charge on any atom is 0.416 e. The zero-order chi connectivity index (χ0) is 20.6. The van der Waals surface area contributed by atoms with Crippen LogP contribution in [0.5, 0.6) is 0 Å². The lowest BCUT2D eigenvalue weighted by Crippen LogP contribution is -2.59. The molecule has 3 atom stereocenters. The first-order valence-electron chi connectivity index (χ1n) is 8.47. The van der Waals surface area contributed by atoms with Gasteiger partial charge in [0.05, 0.1) is 24.2 Å². The second-order valence-electron chi connectivity index (χ2n) is 6.61. The summed E-state index contributed by atoms with van der Waals surface area (Å²) in [6, 6.07) is 0.934. The van der Waals surface area contributed by atoms with Gasteiger partial charge in [-0.1, -0.05) is 6.07 Å². The average Bonchev–Trinajstić information content (AvgIpc) is 2.62. The van der Waals surface area contributed by atoms with Crippen molar-refractivity contribution in [2.45, 2.75) is 30.6 Å². The van der Waals surface area contributed by atoms with Crippen LogP contribution in [0, 0.1) is 5.82 Å². The number of benzene rings is 1. The number of halogens is 5. The molecule has 0 aromatic heterocycles. The van der Waals surface area contributed by atoms with Gasteiger partial charge in [0.25, 0.3) is 5.91 Å². The van der Waals surface area contributed by atoms with Crippen molar-refractivity contribution in [2.24, 2.45) is 5.10 Å². The predicted octanol–water partition coefficient (Wildman–Crippen LogP) is 2.14. The van der Waals surface area contributed by atoms with E-state index in [-0.39, 0.29) is 18.7 Å². The van der Waals surface area contributed by atoms with Crippen LogP contribution >= 0.6 is 11.6 Å². The monoisotopic (exact) mass is 420 g/mol. The molecule has 0 aliphatic carbocycles. The molecular weight excluding hydrogens is 404 g/mol. The fourth-order valence-electron chi connectivity index (χ4n) is 3.42. The van der Waals surface area contributed by atoms with Crippen molar-refractivity contribution in [3.05, 3.63) is 35.1 Å². The van der Waals surface area contributed by atoms with Crippen molar-refractivity contribution >= 4 is 29.6 Å². The van der Waals surface area contributed by atoms with E-state index in [1.807, 2.05) is 0 Å². The fourth-order valence-corrected chi connectivity index (χ4v) is 3.70. The number of nitrogens with zero attached hydrogens (tertiary/aromatic N) is 3. The molecular formula is C17H17ClF4N4O2. The number of carbonyl (C=O) groups is 2. The van der Waals surface area contributed by atoms with Gasteiger partial charge in [-0.15, -0.1) is 11.6 Å². The number of alkyl halides is 4. The molecule has 2 aliphatic rings. The average molecular weight is 421 g/mol. The number of hydrogen-bond donors (Lipinski definition) is 1.